The number of rotatable bonds is 5. The first-order valence-electron chi connectivity index (χ1n) is 9.11. The first-order valence-corrected chi connectivity index (χ1v) is 10.6. The van der Waals surface area contributed by atoms with Gasteiger partial charge in [0.25, 0.3) is 10.0 Å². The van der Waals surface area contributed by atoms with Crippen molar-refractivity contribution in [2.75, 3.05) is 0 Å². The fourth-order valence-corrected chi connectivity index (χ4v) is 4.86. The Morgan fingerprint density at radius 1 is 0.815 bits per heavy atom. The zero-order valence-electron chi connectivity index (χ0n) is 15.2. The van der Waals surface area contributed by atoms with Gasteiger partial charge in [0.15, 0.2) is 0 Å². The highest BCUT2D eigenvalue weighted by Gasteiger charge is 2.21. The van der Waals surface area contributed by atoms with Gasteiger partial charge in [-0.25, -0.2) is 12.4 Å². The summed E-state index contributed by atoms with van der Waals surface area (Å²) in [6, 6.07) is 24.8. The highest BCUT2D eigenvalue weighted by atomic mass is 32.2. The average Bonchev–Trinajstić information content (AvgIpc) is 3.08. The van der Waals surface area contributed by atoms with E-state index >= 15 is 0 Å². The molecule has 0 saturated carbocycles. The van der Waals surface area contributed by atoms with E-state index in [9.17, 15) is 8.42 Å². The molecule has 0 N–H and O–H groups in total. The summed E-state index contributed by atoms with van der Waals surface area (Å²) in [5, 5.41) is 0.998. The van der Waals surface area contributed by atoms with Crippen LogP contribution in [-0.2, 0) is 16.4 Å². The molecule has 0 saturated heterocycles. The molecule has 3 aromatic carbocycles. The summed E-state index contributed by atoms with van der Waals surface area (Å²) < 4.78 is 27.8. The lowest BCUT2D eigenvalue weighted by Crippen LogP contribution is -2.11. The number of benzene rings is 3. The van der Waals surface area contributed by atoms with Crippen molar-refractivity contribution in [3.8, 4) is 11.1 Å². The molecule has 0 atom stereocenters. The summed E-state index contributed by atoms with van der Waals surface area (Å²) in [7, 11) is -3.62. The summed E-state index contributed by atoms with van der Waals surface area (Å²) in [4.78, 5) is 0.303. The number of aromatic nitrogens is 1. The minimum absolute atomic E-state index is 0.303. The second kappa shape index (κ2) is 7.05. The van der Waals surface area contributed by atoms with Crippen molar-refractivity contribution in [3.63, 3.8) is 0 Å². The van der Waals surface area contributed by atoms with Crippen molar-refractivity contribution in [1.82, 2.24) is 3.97 Å². The Morgan fingerprint density at radius 3 is 2.15 bits per heavy atom. The Hall–Kier alpha value is -2.85. The van der Waals surface area contributed by atoms with Crippen LogP contribution in [0.1, 0.15) is 18.9 Å². The number of fused-ring (bicyclic) bond motifs is 1. The molecule has 0 fully saturated rings. The number of hydrogen-bond acceptors (Lipinski definition) is 2. The maximum Gasteiger partial charge on any atom is 0.268 e. The molecule has 3 nitrogen and oxygen atoms in total. The second-order valence-corrected chi connectivity index (χ2v) is 8.43. The SMILES string of the molecule is CCCc1cn(S(=O)(=O)c2ccccc2)c2ccc(-c3ccccc3)cc12. The largest absolute Gasteiger partial charge is 0.268 e. The van der Waals surface area contributed by atoms with E-state index in [4.69, 9.17) is 0 Å². The van der Waals surface area contributed by atoms with Crippen LogP contribution in [0.4, 0.5) is 0 Å². The molecule has 0 amide bonds. The minimum atomic E-state index is -3.62. The molecule has 4 aromatic rings. The lowest BCUT2D eigenvalue weighted by Gasteiger charge is -2.08. The first-order chi connectivity index (χ1) is 13.1. The van der Waals surface area contributed by atoms with Crippen LogP contribution in [0.2, 0.25) is 0 Å². The molecule has 0 radical (unpaired) electrons. The van der Waals surface area contributed by atoms with Gasteiger partial charge in [-0.3, -0.25) is 0 Å². The van der Waals surface area contributed by atoms with E-state index in [1.54, 1.807) is 30.5 Å². The van der Waals surface area contributed by atoms with Crippen LogP contribution in [0.15, 0.2) is 90.0 Å². The molecule has 0 unspecified atom stereocenters. The Kier molecular flexibility index (Phi) is 4.58. The van der Waals surface area contributed by atoms with Gasteiger partial charge in [0.1, 0.15) is 0 Å². The van der Waals surface area contributed by atoms with Crippen LogP contribution >= 0.6 is 0 Å². The normalized spacial score (nSPS) is 11.7. The van der Waals surface area contributed by atoms with E-state index in [1.165, 1.54) is 3.97 Å². The highest BCUT2D eigenvalue weighted by molar-refractivity contribution is 7.90. The van der Waals surface area contributed by atoms with Crippen molar-refractivity contribution in [1.29, 1.82) is 0 Å². The van der Waals surface area contributed by atoms with Crippen molar-refractivity contribution in [3.05, 3.63) is 90.6 Å². The van der Waals surface area contributed by atoms with Crippen LogP contribution in [0.3, 0.4) is 0 Å². The van der Waals surface area contributed by atoms with Crippen molar-refractivity contribution in [2.45, 2.75) is 24.7 Å². The van der Waals surface area contributed by atoms with Crippen molar-refractivity contribution < 1.29 is 8.42 Å². The lowest BCUT2D eigenvalue weighted by atomic mass is 10.0. The Balaban J connectivity index is 1.93. The van der Waals surface area contributed by atoms with Gasteiger partial charge >= 0.3 is 0 Å². The van der Waals surface area contributed by atoms with E-state index in [1.807, 2.05) is 36.4 Å². The average molecular weight is 375 g/mol. The number of nitrogens with zero attached hydrogens (tertiary/aromatic N) is 1. The van der Waals surface area contributed by atoms with Crippen LogP contribution < -0.4 is 0 Å². The molecule has 1 aromatic heterocycles. The third kappa shape index (κ3) is 3.17. The minimum Gasteiger partial charge on any atom is -0.241 e. The third-order valence-electron chi connectivity index (χ3n) is 4.78. The van der Waals surface area contributed by atoms with E-state index in [2.05, 4.69) is 25.1 Å². The zero-order chi connectivity index (χ0) is 18.9. The molecule has 0 bridgehead atoms. The number of aryl methyl sites for hydroxylation is 1. The molecular formula is C23H21NO2S. The molecule has 0 aliphatic rings. The monoisotopic (exact) mass is 375 g/mol. The van der Waals surface area contributed by atoms with E-state index in [-0.39, 0.29) is 0 Å². The van der Waals surface area contributed by atoms with Gasteiger partial charge in [-0.2, -0.15) is 0 Å². The van der Waals surface area contributed by atoms with Crippen LogP contribution in [0.5, 0.6) is 0 Å². The highest BCUT2D eigenvalue weighted by Crippen LogP contribution is 2.31. The van der Waals surface area contributed by atoms with Crippen molar-refractivity contribution in [2.24, 2.45) is 0 Å². The van der Waals surface area contributed by atoms with E-state index in [0.29, 0.717) is 4.90 Å². The lowest BCUT2D eigenvalue weighted by molar-refractivity contribution is 0.589. The molecule has 1 heterocycles. The predicted molar refractivity (Wildman–Crippen MR) is 110 cm³/mol. The molecule has 4 rings (SSSR count). The van der Waals surface area contributed by atoms with Gasteiger partial charge in [0.05, 0.1) is 10.4 Å². The molecule has 0 aliphatic heterocycles. The fourth-order valence-electron chi connectivity index (χ4n) is 3.45. The van der Waals surface area contributed by atoms with Gasteiger partial charge in [-0.1, -0.05) is 67.9 Å². The summed E-state index contributed by atoms with van der Waals surface area (Å²) in [6.07, 6.45) is 3.58. The van der Waals surface area contributed by atoms with Crippen LogP contribution in [-0.4, -0.2) is 12.4 Å². The zero-order valence-corrected chi connectivity index (χ0v) is 16.0. The molecule has 4 heteroatoms. The first kappa shape index (κ1) is 17.6. The van der Waals surface area contributed by atoms with Gasteiger partial charge in [0.2, 0.25) is 0 Å². The Labute approximate surface area is 160 Å². The summed E-state index contributed by atoms with van der Waals surface area (Å²) in [5.41, 5.74) is 4.00. The maximum atomic E-state index is 13.2. The molecule has 0 spiro atoms. The Bertz CT molecular complexity index is 1180. The number of hydrogen-bond donors (Lipinski definition) is 0. The fraction of sp³-hybridized carbons (Fsp3) is 0.130. The van der Waals surface area contributed by atoms with E-state index < -0.39 is 10.0 Å². The van der Waals surface area contributed by atoms with Crippen LogP contribution in [0, 0.1) is 0 Å². The maximum absolute atomic E-state index is 13.2. The summed E-state index contributed by atoms with van der Waals surface area (Å²) >= 11 is 0. The summed E-state index contributed by atoms with van der Waals surface area (Å²) in [5.74, 6) is 0. The molecule has 136 valence electrons. The topological polar surface area (TPSA) is 39.1 Å². The standard InChI is InChI=1S/C23H21NO2S/c1-2-9-20-17-24(27(25,26)21-12-7-4-8-13-21)23-15-14-19(16-22(20)23)18-10-5-3-6-11-18/h3-8,10-17H,2,9H2,1H3. The molecule has 0 aliphatic carbocycles. The van der Waals surface area contributed by atoms with Gasteiger partial charge < -0.3 is 0 Å². The smallest absolute Gasteiger partial charge is 0.241 e. The van der Waals surface area contributed by atoms with Gasteiger partial charge in [0, 0.05) is 11.6 Å². The van der Waals surface area contributed by atoms with E-state index in [0.717, 1.165) is 40.4 Å². The predicted octanol–water partition coefficient (Wildman–Crippen LogP) is 5.50. The van der Waals surface area contributed by atoms with Crippen LogP contribution in [0.25, 0.3) is 22.0 Å². The summed E-state index contributed by atoms with van der Waals surface area (Å²) in [6.45, 7) is 2.11. The quantitative estimate of drug-likeness (QED) is 0.462. The van der Waals surface area contributed by atoms with Gasteiger partial charge in [-0.05, 0) is 47.4 Å². The van der Waals surface area contributed by atoms with Gasteiger partial charge in [-0.15, -0.1) is 0 Å². The molecule has 27 heavy (non-hydrogen) atoms. The third-order valence-corrected chi connectivity index (χ3v) is 6.47. The second-order valence-electron chi connectivity index (χ2n) is 6.62. The molecular weight excluding hydrogens is 354 g/mol. The van der Waals surface area contributed by atoms with Crippen molar-refractivity contribution >= 4 is 20.9 Å². The Morgan fingerprint density at radius 2 is 1.48 bits per heavy atom.